The van der Waals surface area contributed by atoms with Gasteiger partial charge >= 0.3 is 5.97 Å². The number of aliphatic hydroxyl groups excluding tert-OH is 1. The highest BCUT2D eigenvalue weighted by Crippen LogP contribution is 2.47. The first-order valence-corrected chi connectivity index (χ1v) is 12.9. The highest BCUT2D eigenvalue weighted by atomic mass is 35.5. The quantitative estimate of drug-likeness (QED) is 0.491. The summed E-state index contributed by atoms with van der Waals surface area (Å²) in [6.07, 6.45) is 5.62. The summed E-state index contributed by atoms with van der Waals surface area (Å²) in [7, 11) is -3.41. The fraction of sp³-hybridized carbons (Fsp3) is 0.269. The predicted molar refractivity (Wildman–Crippen MR) is 131 cm³/mol. The van der Waals surface area contributed by atoms with Gasteiger partial charge in [-0.05, 0) is 54.5 Å². The molecule has 1 heterocycles. The first-order chi connectivity index (χ1) is 15.7. The van der Waals surface area contributed by atoms with E-state index in [0.29, 0.717) is 40.1 Å². The van der Waals surface area contributed by atoms with Crippen LogP contribution in [0.5, 0.6) is 0 Å². The van der Waals surface area contributed by atoms with E-state index < -0.39 is 21.4 Å². The van der Waals surface area contributed by atoms with Gasteiger partial charge in [-0.15, -0.1) is 0 Å². The number of sulfone groups is 1. The van der Waals surface area contributed by atoms with Gasteiger partial charge in [0.25, 0.3) is 0 Å². The molecule has 1 saturated carbocycles. The molecule has 0 aromatic heterocycles. The summed E-state index contributed by atoms with van der Waals surface area (Å²) in [6, 6.07) is 10.5. The van der Waals surface area contributed by atoms with Crippen LogP contribution in [0.3, 0.4) is 0 Å². The van der Waals surface area contributed by atoms with Gasteiger partial charge in [-0.1, -0.05) is 61.5 Å². The molecule has 1 spiro atoms. The van der Waals surface area contributed by atoms with Crippen LogP contribution in [0.2, 0.25) is 5.02 Å². The van der Waals surface area contributed by atoms with Crippen LogP contribution in [-0.2, 0) is 25.1 Å². The maximum absolute atomic E-state index is 12.8. The highest BCUT2D eigenvalue weighted by molar-refractivity contribution is 7.93. The molecular formula is C26H25ClO5S. The topological polar surface area (TPSA) is 80.7 Å². The number of esters is 1. The molecule has 0 bridgehead atoms. The normalized spacial score (nSPS) is 17.8. The number of carbonyl (C=O) groups excluding carboxylic acids is 1. The molecule has 1 aliphatic carbocycles. The minimum Gasteiger partial charge on any atom is -0.507 e. The van der Waals surface area contributed by atoms with E-state index in [-0.39, 0.29) is 17.1 Å². The predicted octanol–water partition coefficient (Wildman–Crippen LogP) is 6.24. The molecule has 7 heteroatoms. The number of carbonyl (C=O) groups is 1. The second-order valence-electron chi connectivity index (χ2n) is 8.47. The van der Waals surface area contributed by atoms with Crippen molar-refractivity contribution in [2.45, 2.75) is 43.5 Å². The average Bonchev–Trinajstić information content (AvgIpc) is 3.02. The molecule has 0 atom stereocenters. The fourth-order valence-electron chi connectivity index (χ4n) is 4.62. The SMILES string of the molecule is C=Cc1cc(-c2cccc(CS(=O)(=O)C=C)c2)c(Cl)cc1C1=C(O)C2(CCCCC2)OC1=O. The lowest BCUT2D eigenvalue weighted by atomic mass is 9.82. The molecule has 0 radical (unpaired) electrons. The summed E-state index contributed by atoms with van der Waals surface area (Å²) in [5.74, 6) is -0.753. The van der Waals surface area contributed by atoms with Crippen LogP contribution in [-0.4, -0.2) is 25.1 Å². The molecule has 1 aliphatic heterocycles. The summed E-state index contributed by atoms with van der Waals surface area (Å²) >= 11 is 6.63. The standard InChI is InChI=1S/C26H25ClO5S/c1-3-18-14-20(19-10-8-9-17(13-19)16-33(30,31)4-2)22(27)15-21(18)23-24(28)26(32-25(23)29)11-6-5-7-12-26/h3-4,8-10,13-15,28H,1-2,5-7,11-12,16H2. The Morgan fingerprint density at radius 3 is 2.48 bits per heavy atom. The zero-order valence-electron chi connectivity index (χ0n) is 18.1. The molecule has 1 N–H and O–H groups in total. The fourth-order valence-corrected chi connectivity index (χ4v) is 5.65. The minimum atomic E-state index is -3.41. The minimum absolute atomic E-state index is 0.0317. The third-order valence-electron chi connectivity index (χ3n) is 6.31. The molecule has 0 unspecified atom stereocenters. The number of benzene rings is 2. The number of ether oxygens (including phenoxy) is 1. The molecule has 0 amide bonds. The second kappa shape index (κ2) is 8.84. The van der Waals surface area contributed by atoms with Gasteiger partial charge < -0.3 is 9.84 Å². The zero-order valence-corrected chi connectivity index (χ0v) is 19.7. The summed E-state index contributed by atoms with van der Waals surface area (Å²) in [6.45, 7) is 7.22. The van der Waals surface area contributed by atoms with Gasteiger partial charge in [0.15, 0.2) is 21.2 Å². The van der Waals surface area contributed by atoms with Crippen LogP contribution in [0.15, 0.2) is 60.7 Å². The first kappa shape index (κ1) is 23.3. The van der Waals surface area contributed by atoms with Gasteiger partial charge in [0, 0.05) is 21.6 Å². The molecule has 172 valence electrons. The highest BCUT2D eigenvalue weighted by Gasteiger charge is 2.49. The molecule has 2 aromatic carbocycles. The van der Waals surface area contributed by atoms with E-state index in [0.717, 1.165) is 30.2 Å². The number of halogens is 1. The van der Waals surface area contributed by atoms with Crippen LogP contribution in [0.25, 0.3) is 22.8 Å². The lowest BCUT2D eigenvalue weighted by Crippen LogP contribution is -2.34. The Balaban J connectivity index is 1.79. The van der Waals surface area contributed by atoms with Crippen LogP contribution >= 0.6 is 11.6 Å². The van der Waals surface area contributed by atoms with Crippen molar-refractivity contribution in [1.82, 2.24) is 0 Å². The van der Waals surface area contributed by atoms with Crippen LogP contribution in [0.1, 0.15) is 48.8 Å². The molecule has 4 rings (SSSR count). The maximum Gasteiger partial charge on any atom is 0.343 e. The van der Waals surface area contributed by atoms with Crippen molar-refractivity contribution >= 4 is 39.1 Å². The Morgan fingerprint density at radius 2 is 1.82 bits per heavy atom. The van der Waals surface area contributed by atoms with E-state index in [2.05, 4.69) is 13.2 Å². The van der Waals surface area contributed by atoms with Gasteiger partial charge in [-0.3, -0.25) is 0 Å². The molecule has 1 fully saturated rings. The molecule has 2 aliphatic rings. The van der Waals surface area contributed by atoms with E-state index >= 15 is 0 Å². The van der Waals surface area contributed by atoms with Crippen molar-refractivity contribution in [3.63, 3.8) is 0 Å². The van der Waals surface area contributed by atoms with Crippen molar-refractivity contribution in [3.8, 4) is 11.1 Å². The van der Waals surface area contributed by atoms with E-state index in [1.54, 1.807) is 36.4 Å². The van der Waals surface area contributed by atoms with Crippen molar-refractivity contribution in [2.75, 3.05) is 0 Å². The monoisotopic (exact) mass is 484 g/mol. The van der Waals surface area contributed by atoms with Gasteiger partial charge in [0.2, 0.25) is 0 Å². The first-order valence-electron chi connectivity index (χ1n) is 10.8. The Labute approximate surface area is 199 Å². The summed E-state index contributed by atoms with van der Waals surface area (Å²) in [5, 5.41) is 12.3. The van der Waals surface area contributed by atoms with E-state index in [9.17, 15) is 18.3 Å². The number of aliphatic hydroxyl groups is 1. The van der Waals surface area contributed by atoms with Crippen molar-refractivity contribution < 1.29 is 23.1 Å². The lowest BCUT2D eigenvalue weighted by Gasteiger charge is -2.31. The largest absolute Gasteiger partial charge is 0.507 e. The van der Waals surface area contributed by atoms with E-state index in [1.165, 1.54) is 0 Å². The number of hydrogen-bond donors (Lipinski definition) is 1. The number of rotatable bonds is 6. The lowest BCUT2D eigenvalue weighted by molar-refractivity contribution is -0.149. The van der Waals surface area contributed by atoms with Crippen LogP contribution in [0, 0.1) is 0 Å². The zero-order chi connectivity index (χ0) is 23.8. The van der Waals surface area contributed by atoms with Gasteiger partial charge in [-0.2, -0.15) is 0 Å². The second-order valence-corrected chi connectivity index (χ2v) is 10.8. The van der Waals surface area contributed by atoms with Gasteiger partial charge in [0.05, 0.1) is 5.75 Å². The summed E-state index contributed by atoms with van der Waals surface area (Å²) in [5.41, 5.74) is 2.25. The Kier molecular flexibility index (Phi) is 6.25. The Hall–Kier alpha value is -2.83. The third-order valence-corrected chi connectivity index (χ3v) is 7.87. The number of hydrogen-bond acceptors (Lipinski definition) is 5. The van der Waals surface area contributed by atoms with Gasteiger partial charge in [0.1, 0.15) is 5.57 Å². The third kappa shape index (κ3) is 4.37. The van der Waals surface area contributed by atoms with E-state index in [1.807, 2.05) is 6.07 Å². The molecular weight excluding hydrogens is 460 g/mol. The molecule has 33 heavy (non-hydrogen) atoms. The molecule has 0 saturated heterocycles. The smallest absolute Gasteiger partial charge is 0.343 e. The van der Waals surface area contributed by atoms with E-state index in [4.69, 9.17) is 16.3 Å². The van der Waals surface area contributed by atoms with Crippen molar-refractivity contribution in [3.05, 3.63) is 82.4 Å². The van der Waals surface area contributed by atoms with Crippen molar-refractivity contribution in [2.24, 2.45) is 0 Å². The summed E-state index contributed by atoms with van der Waals surface area (Å²) < 4.78 is 29.6. The van der Waals surface area contributed by atoms with Crippen LogP contribution in [0.4, 0.5) is 0 Å². The Morgan fingerprint density at radius 1 is 1.09 bits per heavy atom. The molecule has 2 aromatic rings. The summed E-state index contributed by atoms with van der Waals surface area (Å²) in [4.78, 5) is 12.8. The van der Waals surface area contributed by atoms with Gasteiger partial charge in [-0.25, -0.2) is 13.2 Å². The maximum atomic E-state index is 12.8. The van der Waals surface area contributed by atoms with Crippen LogP contribution < -0.4 is 0 Å². The molecule has 5 nitrogen and oxygen atoms in total. The average molecular weight is 485 g/mol. The Bertz CT molecular complexity index is 1280. The van der Waals surface area contributed by atoms with Crippen molar-refractivity contribution in [1.29, 1.82) is 0 Å².